The first kappa shape index (κ1) is 38.3. The second-order valence-electron chi connectivity index (χ2n) is 13.3. The maximum Gasteiger partial charge on any atom is 0.280 e. The van der Waals surface area contributed by atoms with Crippen molar-refractivity contribution in [3.05, 3.63) is 81.4 Å². The molecular formula is C32H30N10O14P2-2. The summed E-state index contributed by atoms with van der Waals surface area (Å²) in [6.45, 7) is -2.01. The number of H-pyrrole nitrogens is 2. The molecule has 304 valence electrons. The molecule has 4 aromatic heterocycles. The first-order valence-corrected chi connectivity index (χ1v) is 20.2. The zero-order valence-electron chi connectivity index (χ0n) is 29.3. The molecule has 0 spiro atoms. The van der Waals surface area contributed by atoms with E-state index in [0.717, 1.165) is 0 Å². The van der Waals surface area contributed by atoms with E-state index in [2.05, 4.69) is 29.9 Å². The van der Waals surface area contributed by atoms with Gasteiger partial charge >= 0.3 is 0 Å². The lowest BCUT2D eigenvalue weighted by Gasteiger charge is -2.34. The van der Waals surface area contributed by atoms with Crippen LogP contribution >= 0.6 is 15.6 Å². The van der Waals surface area contributed by atoms with Crippen LogP contribution in [0, 0.1) is 0 Å². The molecule has 3 aliphatic heterocycles. The monoisotopic (exact) mass is 840 g/mol. The summed E-state index contributed by atoms with van der Waals surface area (Å²) in [5.41, 5.74) is 10.3. The zero-order valence-corrected chi connectivity index (χ0v) is 31.1. The number of nitrogens with zero attached hydrogens (tertiary/aromatic N) is 6. The summed E-state index contributed by atoms with van der Waals surface area (Å²) in [6, 6.07) is 16.6. The van der Waals surface area contributed by atoms with Crippen molar-refractivity contribution in [2.45, 2.75) is 49.1 Å². The Morgan fingerprint density at radius 1 is 0.655 bits per heavy atom. The van der Waals surface area contributed by atoms with Crippen LogP contribution in [0.4, 0.5) is 11.9 Å². The molecule has 3 aliphatic rings. The van der Waals surface area contributed by atoms with E-state index in [1.165, 1.54) is 9.13 Å². The summed E-state index contributed by atoms with van der Waals surface area (Å²) in [5.74, 6) is -0.555. The van der Waals surface area contributed by atoms with Crippen molar-refractivity contribution < 1.29 is 56.7 Å². The quantitative estimate of drug-likeness (QED) is 0.116. The third kappa shape index (κ3) is 6.73. The third-order valence-electron chi connectivity index (χ3n) is 9.63. The van der Waals surface area contributed by atoms with Gasteiger partial charge in [0, 0.05) is 11.1 Å². The molecule has 10 atom stereocenters. The normalized spacial score (nSPS) is 31.8. The number of aromatic nitrogens is 8. The number of phosphoric ester groups is 2. The fourth-order valence-corrected chi connectivity index (χ4v) is 9.05. The van der Waals surface area contributed by atoms with E-state index in [-0.39, 0.29) is 45.9 Å². The van der Waals surface area contributed by atoms with Crippen LogP contribution in [0.3, 0.4) is 0 Å². The molecule has 4 unspecified atom stereocenters. The summed E-state index contributed by atoms with van der Waals surface area (Å²) >= 11 is 0. The van der Waals surface area contributed by atoms with Gasteiger partial charge in [0.25, 0.3) is 26.8 Å². The fraction of sp³-hybridized carbons (Fsp3) is 0.312. The smallest absolute Gasteiger partial charge is 0.280 e. The number of hydrogen-bond donors (Lipinski definition) is 6. The average Bonchev–Trinajstić information content (AvgIpc) is 3.91. The van der Waals surface area contributed by atoms with Crippen LogP contribution in [0.1, 0.15) is 12.5 Å². The molecule has 24 nitrogen and oxygen atoms in total. The molecule has 9 rings (SSSR count). The molecular weight excluding hydrogens is 810 g/mol. The highest BCUT2D eigenvalue weighted by Gasteiger charge is 2.52. The van der Waals surface area contributed by atoms with Crippen LogP contribution in [-0.4, -0.2) is 99.1 Å². The van der Waals surface area contributed by atoms with Crippen molar-refractivity contribution >= 4 is 49.9 Å². The Morgan fingerprint density at radius 3 is 1.41 bits per heavy atom. The van der Waals surface area contributed by atoms with Gasteiger partial charge in [0.15, 0.2) is 34.8 Å². The molecule has 7 heterocycles. The number of ether oxygens (including phenoxy) is 2. The summed E-state index contributed by atoms with van der Waals surface area (Å²) in [5, 5.41) is 23.3. The summed E-state index contributed by atoms with van der Waals surface area (Å²) in [6.07, 6.45) is -14.3. The standard InChI is InChI=1S/C32H32N10O14P2/c33-31-37-25-17(27(45)39-31)35-23(13-7-3-1-4-8-13)41(25)29-19(43)21-15(53-29)11-51-58(49,50)56-22-16(12-52-57(47,48)55-21)54-30(20(22)44)42-24(14-9-5-2-6-10-14)36-18-26(42)38-32(34)40-28(18)46/h1-10,15-16,19-22,29-30,43-44H,11-12H2,(H,47,48)(H,49,50)(H3,33,37,39,45)(H3,34,38,40,46)/p-2/t15-,16-,19+,20+,21?,22?,29-,30-/m1/s1. The number of rotatable bonds is 4. The van der Waals surface area contributed by atoms with E-state index in [9.17, 15) is 38.7 Å². The number of nitrogens with two attached hydrogens (primary N) is 2. The molecule has 0 amide bonds. The molecule has 0 aliphatic carbocycles. The first-order valence-electron chi connectivity index (χ1n) is 17.3. The second-order valence-corrected chi connectivity index (χ2v) is 16.1. The number of imidazole rings is 2. The minimum Gasteiger partial charge on any atom is -0.756 e. The lowest BCUT2D eigenvalue weighted by molar-refractivity contribution is -0.244. The molecule has 8 N–H and O–H groups in total. The van der Waals surface area contributed by atoms with Gasteiger partial charge in [-0.1, -0.05) is 60.7 Å². The molecule has 58 heavy (non-hydrogen) atoms. The maximum absolute atomic E-state index is 13.5. The van der Waals surface area contributed by atoms with Gasteiger partial charge in [-0.2, -0.15) is 9.97 Å². The molecule has 6 aromatic rings. The Kier molecular flexibility index (Phi) is 9.43. The maximum atomic E-state index is 13.5. The van der Waals surface area contributed by atoms with Crippen LogP contribution in [0.5, 0.6) is 0 Å². The number of nitrogen functional groups attached to an aromatic ring is 2. The number of nitrogens with one attached hydrogen (secondary N) is 2. The van der Waals surface area contributed by atoms with Crippen LogP contribution in [-0.2, 0) is 36.7 Å². The van der Waals surface area contributed by atoms with Crippen molar-refractivity contribution in [1.29, 1.82) is 0 Å². The minimum atomic E-state index is -5.49. The van der Waals surface area contributed by atoms with E-state index in [1.807, 2.05) is 0 Å². The number of anilines is 2. The van der Waals surface area contributed by atoms with Crippen LogP contribution in [0.2, 0.25) is 0 Å². The van der Waals surface area contributed by atoms with Crippen molar-refractivity contribution in [3.63, 3.8) is 0 Å². The Balaban J connectivity index is 1.06. The predicted octanol–water partition coefficient (Wildman–Crippen LogP) is -0.978. The van der Waals surface area contributed by atoms with E-state index in [1.54, 1.807) is 60.7 Å². The summed E-state index contributed by atoms with van der Waals surface area (Å²) < 4.78 is 62.4. The minimum absolute atomic E-state index is 0.0398. The van der Waals surface area contributed by atoms with Crippen LogP contribution in [0.15, 0.2) is 70.3 Å². The molecule has 3 fully saturated rings. The highest BCUT2D eigenvalue weighted by atomic mass is 31.2. The first-order chi connectivity index (χ1) is 27.7. The van der Waals surface area contributed by atoms with Crippen LogP contribution < -0.4 is 32.4 Å². The number of hydrogen-bond acceptors (Lipinski definition) is 20. The third-order valence-corrected chi connectivity index (χ3v) is 11.6. The second kappa shape index (κ2) is 14.3. The molecule has 0 bridgehead atoms. The molecule has 2 aromatic carbocycles. The van der Waals surface area contributed by atoms with E-state index < -0.39 is 89.1 Å². The lowest BCUT2D eigenvalue weighted by atomic mass is 10.1. The highest BCUT2D eigenvalue weighted by Crippen LogP contribution is 2.51. The SMILES string of the molecule is Nc1nc2c(nc(-c3ccccc3)n2[C@@H]2O[C@@H]3COP(=O)([O-])OC4[C@@H](COP(=O)([O-])OC3[C@@H]2O)O[C@@H](n2c(-c3ccccc3)nc3c(=O)[nH]c(N)nc32)[C@H]4O)c(=O)[nH]1. The Hall–Kier alpha value is -5.20. The zero-order chi connectivity index (χ0) is 40.7. The van der Waals surface area contributed by atoms with Gasteiger partial charge in [-0.3, -0.25) is 37.8 Å². The van der Waals surface area contributed by atoms with Gasteiger partial charge in [0.2, 0.25) is 11.9 Å². The van der Waals surface area contributed by atoms with Gasteiger partial charge in [-0.15, -0.1) is 0 Å². The summed E-state index contributed by atoms with van der Waals surface area (Å²) in [4.78, 5) is 74.5. The fourth-order valence-electron chi connectivity index (χ4n) is 7.15. The highest BCUT2D eigenvalue weighted by molar-refractivity contribution is 7.46. The Bertz CT molecular complexity index is 2580. The average molecular weight is 841 g/mol. The number of aliphatic hydroxyl groups is 2. The molecule has 3 saturated heterocycles. The molecule has 26 heteroatoms. The van der Waals surface area contributed by atoms with Gasteiger partial charge in [0.1, 0.15) is 48.3 Å². The van der Waals surface area contributed by atoms with Gasteiger partial charge in [-0.05, 0) is 0 Å². The van der Waals surface area contributed by atoms with E-state index in [4.69, 9.17) is 39.0 Å². The van der Waals surface area contributed by atoms with E-state index in [0.29, 0.717) is 11.1 Å². The van der Waals surface area contributed by atoms with Gasteiger partial charge in [0.05, 0.1) is 13.2 Å². The van der Waals surface area contributed by atoms with Gasteiger partial charge < -0.3 is 59.0 Å². The number of aromatic amines is 2. The topological polar surface area (TPSA) is 355 Å². The lowest BCUT2D eigenvalue weighted by Crippen LogP contribution is -2.41. The van der Waals surface area contributed by atoms with Crippen molar-refractivity contribution in [2.75, 3.05) is 24.7 Å². The molecule has 0 saturated carbocycles. The van der Waals surface area contributed by atoms with Gasteiger partial charge in [-0.25, -0.2) is 9.97 Å². The predicted molar refractivity (Wildman–Crippen MR) is 193 cm³/mol. The molecule has 0 radical (unpaired) electrons. The van der Waals surface area contributed by atoms with Crippen molar-refractivity contribution in [2.24, 2.45) is 0 Å². The van der Waals surface area contributed by atoms with Crippen LogP contribution in [0.25, 0.3) is 45.1 Å². The van der Waals surface area contributed by atoms with Crippen molar-refractivity contribution in [3.8, 4) is 22.8 Å². The Morgan fingerprint density at radius 2 is 1.03 bits per heavy atom. The Labute approximate surface area is 323 Å². The largest absolute Gasteiger partial charge is 0.756 e. The summed E-state index contributed by atoms with van der Waals surface area (Å²) in [7, 11) is -11.0. The van der Waals surface area contributed by atoms with E-state index >= 15 is 0 Å². The number of phosphoric acid groups is 2. The number of fused-ring (bicyclic) bond motifs is 4. The number of benzene rings is 2. The number of aliphatic hydroxyl groups excluding tert-OH is 2. The van der Waals surface area contributed by atoms with Crippen molar-refractivity contribution in [1.82, 2.24) is 39.0 Å².